The van der Waals surface area contributed by atoms with Crippen LogP contribution >= 0.6 is 11.8 Å². The lowest BCUT2D eigenvalue weighted by Crippen LogP contribution is -2.51. The molecule has 7 heteroatoms. The number of carbonyl (C=O) groups excluding carboxylic acids is 2. The quantitative estimate of drug-likeness (QED) is 0.197. The van der Waals surface area contributed by atoms with Crippen LogP contribution in [0.1, 0.15) is 51.3 Å². The summed E-state index contributed by atoms with van der Waals surface area (Å²) in [6.45, 7) is 9.80. The second-order valence-electron chi connectivity index (χ2n) is 11.1. The molecular formula is C33H42N2O4S. The summed E-state index contributed by atoms with van der Waals surface area (Å²) in [6.07, 6.45) is -0.496. The van der Waals surface area contributed by atoms with Crippen LogP contribution in [0.25, 0.3) is 0 Å². The number of benzene rings is 3. The predicted molar refractivity (Wildman–Crippen MR) is 163 cm³/mol. The smallest absolute Gasteiger partial charge is 0.407 e. The minimum absolute atomic E-state index is 0.0133. The lowest BCUT2D eigenvalue weighted by atomic mass is 9.84. The Hall–Kier alpha value is -3.29. The van der Waals surface area contributed by atoms with Crippen LogP contribution < -0.4 is 10.6 Å². The van der Waals surface area contributed by atoms with Gasteiger partial charge >= 0.3 is 12.1 Å². The van der Waals surface area contributed by atoms with Crippen molar-refractivity contribution < 1.29 is 19.1 Å². The highest BCUT2D eigenvalue weighted by molar-refractivity contribution is 8.00. The van der Waals surface area contributed by atoms with Crippen LogP contribution in [-0.2, 0) is 19.0 Å². The number of ether oxygens (including phenoxy) is 2. The van der Waals surface area contributed by atoms with E-state index < -0.39 is 22.5 Å². The molecule has 0 saturated carbocycles. The highest BCUT2D eigenvalue weighted by Crippen LogP contribution is 2.48. The molecule has 3 aromatic carbocycles. The summed E-state index contributed by atoms with van der Waals surface area (Å²) in [4.78, 5) is 25.4. The molecule has 214 valence electrons. The van der Waals surface area contributed by atoms with Crippen molar-refractivity contribution in [2.24, 2.45) is 5.92 Å². The van der Waals surface area contributed by atoms with Gasteiger partial charge in [-0.25, -0.2) is 4.79 Å². The van der Waals surface area contributed by atoms with Gasteiger partial charge in [-0.3, -0.25) is 4.79 Å². The van der Waals surface area contributed by atoms with E-state index in [1.807, 2.05) is 52.8 Å². The Bertz CT molecular complexity index is 1100. The molecule has 40 heavy (non-hydrogen) atoms. The summed E-state index contributed by atoms with van der Waals surface area (Å²) < 4.78 is 10.1. The van der Waals surface area contributed by atoms with E-state index in [-0.39, 0.29) is 17.9 Å². The summed E-state index contributed by atoms with van der Waals surface area (Å²) in [6, 6.07) is 30.4. The molecule has 3 rings (SSSR count). The van der Waals surface area contributed by atoms with Crippen molar-refractivity contribution in [3.8, 4) is 0 Å². The van der Waals surface area contributed by atoms with E-state index in [0.29, 0.717) is 12.3 Å². The van der Waals surface area contributed by atoms with Crippen LogP contribution in [0.3, 0.4) is 0 Å². The Morgan fingerprint density at radius 1 is 0.800 bits per heavy atom. The molecule has 0 aliphatic heterocycles. The predicted octanol–water partition coefficient (Wildman–Crippen LogP) is 6.39. The lowest BCUT2D eigenvalue weighted by molar-refractivity contribution is -0.144. The van der Waals surface area contributed by atoms with Crippen LogP contribution in [0, 0.1) is 5.92 Å². The Morgan fingerprint density at radius 3 is 1.62 bits per heavy atom. The Kier molecular flexibility index (Phi) is 11.2. The lowest BCUT2D eigenvalue weighted by Gasteiger charge is -2.37. The zero-order chi connectivity index (χ0) is 29.2. The number of methoxy groups -OCH3 is 1. The van der Waals surface area contributed by atoms with Crippen LogP contribution in [0.15, 0.2) is 91.0 Å². The highest BCUT2D eigenvalue weighted by atomic mass is 32.2. The molecule has 0 aliphatic carbocycles. The first-order valence-electron chi connectivity index (χ1n) is 13.7. The van der Waals surface area contributed by atoms with E-state index in [4.69, 9.17) is 9.47 Å². The fraction of sp³-hybridized carbons (Fsp3) is 0.394. The van der Waals surface area contributed by atoms with Crippen molar-refractivity contribution in [2.45, 2.75) is 57.1 Å². The summed E-state index contributed by atoms with van der Waals surface area (Å²) in [5.41, 5.74) is 2.77. The average molecular weight is 563 g/mol. The maximum Gasteiger partial charge on any atom is 0.407 e. The normalized spacial score (nSPS) is 13.4. The number of nitrogens with one attached hydrogen (secondary N) is 2. The van der Waals surface area contributed by atoms with Crippen LogP contribution in [0.2, 0.25) is 0 Å². The fourth-order valence-corrected chi connectivity index (χ4v) is 6.17. The first-order valence-corrected chi connectivity index (χ1v) is 14.7. The van der Waals surface area contributed by atoms with Gasteiger partial charge in [-0.1, -0.05) is 105 Å². The van der Waals surface area contributed by atoms with Crippen molar-refractivity contribution >= 4 is 23.8 Å². The van der Waals surface area contributed by atoms with Crippen molar-refractivity contribution in [3.05, 3.63) is 108 Å². The maximum absolute atomic E-state index is 12.9. The van der Waals surface area contributed by atoms with Gasteiger partial charge in [0, 0.05) is 12.3 Å². The van der Waals surface area contributed by atoms with Crippen molar-refractivity contribution in [2.75, 3.05) is 19.4 Å². The molecule has 0 saturated heterocycles. The van der Waals surface area contributed by atoms with E-state index >= 15 is 0 Å². The van der Waals surface area contributed by atoms with Gasteiger partial charge in [-0.05, 0) is 43.4 Å². The molecule has 2 atom stereocenters. The molecule has 0 unspecified atom stereocenters. The minimum atomic E-state index is -0.635. The molecule has 0 bridgehead atoms. The molecule has 1 amide bonds. The van der Waals surface area contributed by atoms with Gasteiger partial charge in [0.05, 0.1) is 17.9 Å². The second-order valence-corrected chi connectivity index (χ2v) is 12.3. The molecule has 6 nitrogen and oxygen atoms in total. The maximum atomic E-state index is 12.9. The number of hydrogen-bond donors (Lipinski definition) is 2. The third-order valence-corrected chi connectivity index (χ3v) is 8.18. The zero-order valence-electron chi connectivity index (χ0n) is 24.3. The summed E-state index contributed by atoms with van der Waals surface area (Å²) in [5, 5.41) is 6.39. The molecule has 0 aromatic heterocycles. The number of rotatable bonds is 12. The van der Waals surface area contributed by atoms with Gasteiger partial charge < -0.3 is 20.1 Å². The summed E-state index contributed by atoms with van der Waals surface area (Å²) in [7, 11) is 1.39. The van der Waals surface area contributed by atoms with E-state index in [1.54, 1.807) is 11.8 Å². The topological polar surface area (TPSA) is 76.7 Å². The Morgan fingerprint density at radius 2 is 1.25 bits per heavy atom. The third kappa shape index (κ3) is 8.35. The minimum Gasteiger partial charge on any atom is -0.468 e. The number of hydrogen-bond acceptors (Lipinski definition) is 6. The zero-order valence-corrected chi connectivity index (χ0v) is 25.2. The monoisotopic (exact) mass is 562 g/mol. The summed E-state index contributed by atoms with van der Waals surface area (Å²) >= 11 is 1.74. The fourth-order valence-electron chi connectivity index (χ4n) is 4.61. The Labute approximate surface area is 243 Å². The van der Waals surface area contributed by atoms with Crippen LogP contribution in [-0.4, -0.2) is 49.2 Å². The van der Waals surface area contributed by atoms with Crippen molar-refractivity contribution in [3.63, 3.8) is 0 Å². The van der Waals surface area contributed by atoms with Gasteiger partial charge in [0.25, 0.3) is 0 Å². The van der Waals surface area contributed by atoms with Crippen LogP contribution in [0.4, 0.5) is 4.79 Å². The largest absolute Gasteiger partial charge is 0.468 e. The van der Waals surface area contributed by atoms with Crippen LogP contribution in [0.5, 0.6) is 0 Å². The number of esters is 1. The second kappa shape index (κ2) is 14.4. The van der Waals surface area contributed by atoms with E-state index in [9.17, 15) is 9.59 Å². The van der Waals surface area contributed by atoms with Gasteiger partial charge in [-0.2, -0.15) is 0 Å². The standard InChI is InChI=1S/C33H42N2O4S/c1-24(2)29(30(36)38-6)34-22-28(35-31(37)39-32(3,4)5)23-40-33(25-16-10-7-11-17-25,26-18-12-8-13-19-26)27-20-14-9-15-21-27/h7-21,24,28-29,34H,22-23H2,1-6H3,(H,35,37)/t28-,29+/m1/s1. The molecule has 0 radical (unpaired) electrons. The number of amides is 1. The SMILES string of the molecule is COC(=O)[C@@H](NC[C@H](CSC(c1ccccc1)(c1ccccc1)c1ccccc1)NC(=O)OC(C)(C)C)C(C)C. The van der Waals surface area contributed by atoms with Gasteiger partial charge in [0.2, 0.25) is 0 Å². The third-order valence-electron chi connectivity index (χ3n) is 6.47. The molecule has 0 heterocycles. The molecular weight excluding hydrogens is 520 g/mol. The number of thioether (sulfide) groups is 1. The van der Waals surface area contributed by atoms with E-state index in [1.165, 1.54) is 7.11 Å². The Balaban J connectivity index is 2.01. The van der Waals surface area contributed by atoms with Gasteiger partial charge in [-0.15, -0.1) is 11.8 Å². The van der Waals surface area contributed by atoms with Gasteiger partial charge in [0.15, 0.2) is 0 Å². The molecule has 0 fully saturated rings. The number of carbonyl (C=O) groups is 2. The molecule has 0 spiro atoms. The molecule has 3 aromatic rings. The first kappa shape index (κ1) is 31.2. The van der Waals surface area contributed by atoms with Gasteiger partial charge in [0.1, 0.15) is 11.6 Å². The van der Waals surface area contributed by atoms with E-state index in [0.717, 1.165) is 16.7 Å². The average Bonchev–Trinajstić information content (AvgIpc) is 2.93. The summed E-state index contributed by atoms with van der Waals surface area (Å²) in [5.74, 6) is 0.224. The molecule has 0 aliphatic rings. The first-order chi connectivity index (χ1) is 19.1. The van der Waals surface area contributed by atoms with E-state index in [2.05, 4.69) is 83.4 Å². The number of alkyl carbamates (subject to hydrolysis) is 1. The van der Waals surface area contributed by atoms with Crippen molar-refractivity contribution in [1.29, 1.82) is 0 Å². The molecule has 2 N–H and O–H groups in total. The van der Waals surface area contributed by atoms with Crippen molar-refractivity contribution in [1.82, 2.24) is 10.6 Å². The highest BCUT2D eigenvalue weighted by Gasteiger charge is 2.38.